The molecule has 0 aliphatic carbocycles. The topological polar surface area (TPSA) is 91.1 Å². The van der Waals surface area contributed by atoms with Crippen molar-refractivity contribution in [2.75, 3.05) is 5.73 Å². The number of nitrogen functional groups attached to an aromatic ring is 1. The number of ketones is 1. The summed E-state index contributed by atoms with van der Waals surface area (Å²) in [6.45, 7) is 4.74. The summed E-state index contributed by atoms with van der Waals surface area (Å²) in [6, 6.07) is 6.85. The Balaban J connectivity index is 1.61. The number of hydrogen-bond acceptors (Lipinski definition) is 6. The molecule has 0 aromatic carbocycles. The molecule has 0 aliphatic heterocycles. The fourth-order valence-electron chi connectivity index (χ4n) is 4.87. The van der Waals surface area contributed by atoms with Crippen molar-refractivity contribution in [2.24, 2.45) is 0 Å². The van der Waals surface area contributed by atoms with Gasteiger partial charge in [0.15, 0.2) is 16.7 Å². The second kappa shape index (κ2) is 15.6. The highest BCUT2D eigenvalue weighted by Crippen LogP contribution is 2.39. The van der Waals surface area contributed by atoms with Gasteiger partial charge in [0.05, 0.1) is 12.2 Å². The molecular formula is C30H43N3O3S. The van der Waals surface area contributed by atoms with Gasteiger partial charge < -0.3 is 14.7 Å². The fraction of sp³-hybridized carbons (Fsp3) is 0.567. The van der Waals surface area contributed by atoms with Crippen LogP contribution in [0.15, 0.2) is 45.9 Å². The van der Waals surface area contributed by atoms with Gasteiger partial charge in [-0.15, -0.1) is 11.3 Å². The smallest absolute Gasteiger partial charge is 0.251 e. The van der Waals surface area contributed by atoms with Gasteiger partial charge in [-0.3, -0.25) is 9.59 Å². The molecule has 1 unspecified atom stereocenters. The average molecular weight is 526 g/mol. The molecule has 0 fully saturated rings. The van der Waals surface area contributed by atoms with Crippen LogP contribution < -0.4 is 11.3 Å². The van der Waals surface area contributed by atoms with Crippen molar-refractivity contribution in [3.63, 3.8) is 0 Å². The van der Waals surface area contributed by atoms with Crippen LogP contribution in [0.2, 0.25) is 0 Å². The third-order valence-corrected chi connectivity index (χ3v) is 8.02. The number of carbonyl (C=O) groups is 1. The summed E-state index contributed by atoms with van der Waals surface area (Å²) in [5.74, 6) is 0.145. The lowest BCUT2D eigenvalue weighted by Gasteiger charge is -2.16. The molecule has 0 saturated heterocycles. The summed E-state index contributed by atoms with van der Waals surface area (Å²) in [7, 11) is 0. The fourth-order valence-corrected chi connectivity index (χ4v) is 5.84. The number of thiazole rings is 1. The molecule has 7 heteroatoms. The molecule has 0 aliphatic rings. The van der Waals surface area contributed by atoms with E-state index in [0.717, 1.165) is 17.7 Å². The van der Waals surface area contributed by atoms with Crippen molar-refractivity contribution >= 4 is 22.3 Å². The minimum absolute atomic E-state index is 0.0557. The zero-order valence-corrected chi connectivity index (χ0v) is 23.4. The molecule has 6 nitrogen and oxygen atoms in total. The Bertz CT molecular complexity index is 1130. The highest BCUT2D eigenvalue weighted by molar-refractivity contribution is 7.16. The van der Waals surface area contributed by atoms with E-state index in [4.69, 9.17) is 10.2 Å². The van der Waals surface area contributed by atoms with E-state index in [1.54, 1.807) is 29.2 Å². The van der Waals surface area contributed by atoms with Gasteiger partial charge in [-0.05, 0) is 31.5 Å². The Morgan fingerprint density at radius 2 is 1.65 bits per heavy atom. The molecule has 37 heavy (non-hydrogen) atoms. The normalized spacial score (nSPS) is 12.2. The van der Waals surface area contributed by atoms with E-state index in [1.807, 2.05) is 13.0 Å². The molecule has 3 heterocycles. The summed E-state index contributed by atoms with van der Waals surface area (Å²) in [4.78, 5) is 31.5. The first-order valence-corrected chi connectivity index (χ1v) is 14.9. The Hall–Kier alpha value is -2.67. The van der Waals surface area contributed by atoms with Crippen LogP contribution in [0.1, 0.15) is 118 Å². The number of furan rings is 1. The van der Waals surface area contributed by atoms with Gasteiger partial charge in [-0.2, -0.15) is 0 Å². The predicted molar refractivity (Wildman–Crippen MR) is 153 cm³/mol. The monoisotopic (exact) mass is 525 g/mol. The summed E-state index contributed by atoms with van der Waals surface area (Å²) >= 11 is 1.34. The number of anilines is 1. The van der Waals surface area contributed by atoms with Crippen molar-refractivity contribution in [1.82, 2.24) is 9.55 Å². The molecule has 3 aromatic rings. The van der Waals surface area contributed by atoms with E-state index in [9.17, 15) is 9.59 Å². The molecule has 0 spiro atoms. The number of carbonyl (C=O) groups excluding carboxylic acids is 1. The molecular weight excluding hydrogens is 482 g/mol. The summed E-state index contributed by atoms with van der Waals surface area (Å²) in [5, 5.41) is 0.412. The van der Waals surface area contributed by atoms with Crippen LogP contribution in [0.25, 0.3) is 11.5 Å². The highest BCUT2D eigenvalue weighted by Gasteiger charge is 2.29. The number of nitrogens with zero attached hydrogens (tertiary/aromatic N) is 2. The molecule has 2 N–H and O–H groups in total. The number of pyridine rings is 1. The molecule has 3 aromatic heterocycles. The van der Waals surface area contributed by atoms with Crippen LogP contribution in [-0.2, 0) is 6.54 Å². The van der Waals surface area contributed by atoms with Crippen LogP contribution in [0.3, 0.4) is 0 Å². The number of hydrogen-bond donors (Lipinski definition) is 1. The molecule has 202 valence electrons. The zero-order chi connectivity index (χ0) is 26.5. The SMILES string of the molecule is CCCCCCCCCCCCCCC(C(=O)c1ccn(CC)c(=O)c1)c1sc(N)nc1-c1ccco1. The van der Waals surface area contributed by atoms with E-state index in [1.165, 1.54) is 81.6 Å². The highest BCUT2D eigenvalue weighted by atomic mass is 32.1. The second-order valence-electron chi connectivity index (χ2n) is 9.88. The lowest BCUT2D eigenvalue weighted by Crippen LogP contribution is -2.21. The number of rotatable bonds is 18. The number of unbranched alkanes of at least 4 members (excludes halogenated alkanes) is 11. The summed E-state index contributed by atoms with van der Waals surface area (Å²) < 4.78 is 7.19. The van der Waals surface area contributed by atoms with Gasteiger partial charge in [-0.25, -0.2) is 4.98 Å². The lowest BCUT2D eigenvalue weighted by molar-refractivity contribution is 0.0955. The molecule has 0 amide bonds. The third-order valence-electron chi connectivity index (χ3n) is 7.03. The van der Waals surface area contributed by atoms with Gasteiger partial charge in [0, 0.05) is 29.2 Å². The van der Waals surface area contributed by atoms with Crippen molar-refractivity contribution in [1.29, 1.82) is 0 Å². The van der Waals surface area contributed by atoms with Crippen LogP contribution in [0.4, 0.5) is 5.13 Å². The van der Waals surface area contributed by atoms with E-state index in [2.05, 4.69) is 11.9 Å². The van der Waals surface area contributed by atoms with Crippen molar-refractivity contribution in [3.05, 3.63) is 57.5 Å². The van der Waals surface area contributed by atoms with Crippen LogP contribution in [-0.4, -0.2) is 15.3 Å². The van der Waals surface area contributed by atoms with E-state index in [0.29, 0.717) is 35.1 Å². The van der Waals surface area contributed by atoms with Gasteiger partial charge in [-0.1, -0.05) is 84.0 Å². The van der Waals surface area contributed by atoms with Gasteiger partial charge in [0.25, 0.3) is 5.56 Å². The standard InChI is InChI=1S/C30H43N3O3S/c1-3-5-6-7-8-9-10-11-12-13-14-15-17-24(28(35)23-19-20-33(4-2)26(34)22-23)29-27(32-30(31)37-29)25-18-16-21-36-25/h16,18-22,24H,3-15,17H2,1-2H3,(H2,31,32). The van der Waals surface area contributed by atoms with Crippen molar-refractivity contribution in [3.8, 4) is 11.5 Å². The number of aromatic nitrogens is 2. The van der Waals surface area contributed by atoms with Crippen molar-refractivity contribution < 1.29 is 9.21 Å². The minimum atomic E-state index is -0.408. The number of aryl methyl sites for hydroxylation is 1. The van der Waals surface area contributed by atoms with Crippen LogP contribution in [0.5, 0.6) is 0 Å². The average Bonchev–Trinajstić information content (AvgIpc) is 3.56. The second-order valence-corrected chi connectivity index (χ2v) is 10.9. The first-order valence-electron chi connectivity index (χ1n) is 14.1. The predicted octanol–water partition coefficient (Wildman–Crippen LogP) is 8.22. The van der Waals surface area contributed by atoms with Gasteiger partial charge in [0.1, 0.15) is 5.69 Å². The van der Waals surface area contributed by atoms with Crippen LogP contribution >= 0.6 is 11.3 Å². The Kier molecular flexibility index (Phi) is 12.1. The third kappa shape index (κ3) is 8.70. The number of Topliss-reactive ketones (excluding diaryl/α,β-unsaturated/α-hetero) is 1. The summed E-state index contributed by atoms with van der Waals surface area (Å²) in [6.07, 6.45) is 19.2. The van der Waals surface area contributed by atoms with E-state index in [-0.39, 0.29) is 11.3 Å². The molecule has 0 radical (unpaired) electrons. The van der Waals surface area contributed by atoms with Crippen LogP contribution in [0, 0.1) is 0 Å². The quantitative estimate of drug-likeness (QED) is 0.133. The largest absolute Gasteiger partial charge is 0.463 e. The summed E-state index contributed by atoms with van der Waals surface area (Å²) in [5.41, 5.74) is 7.01. The molecule has 1 atom stereocenters. The van der Waals surface area contributed by atoms with Crippen molar-refractivity contribution in [2.45, 2.75) is 110 Å². The molecule has 0 saturated carbocycles. The van der Waals surface area contributed by atoms with E-state index >= 15 is 0 Å². The molecule has 3 rings (SSSR count). The first kappa shape index (κ1) is 28.9. The maximum atomic E-state index is 13.7. The molecule has 0 bridgehead atoms. The van der Waals surface area contributed by atoms with E-state index < -0.39 is 5.92 Å². The Morgan fingerprint density at radius 3 is 2.22 bits per heavy atom. The Labute approximate surface area is 225 Å². The first-order chi connectivity index (χ1) is 18.0. The van der Waals surface area contributed by atoms with Gasteiger partial charge in [0.2, 0.25) is 0 Å². The zero-order valence-electron chi connectivity index (χ0n) is 22.5. The lowest BCUT2D eigenvalue weighted by atomic mass is 9.90. The minimum Gasteiger partial charge on any atom is -0.463 e. The maximum Gasteiger partial charge on any atom is 0.251 e. The Morgan fingerprint density at radius 1 is 1.00 bits per heavy atom. The number of nitrogens with two attached hydrogens (primary N) is 1. The van der Waals surface area contributed by atoms with Gasteiger partial charge >= 0.3 is 0 Å². The maximum absolute atomic E-state index is 13.7.